The number of fused-ring (bicyclic) bond motifs is 1. The van der Waals surface area contributed by atoms with Crippen molar-refractivity contribution in [1.29, 1.82) is 0 Å². The molecule has 7 unspecified atom stereocenters. The first-order valence-corrected chi connectivity index (χ1v) is 10.1. The van der Waals surface area contributed by atoms with Gasteiger partial charge >= 0.3 is 0 Å². The van der Waals surface area contributed by atoms with E-state index in [2.05, 4.69) is 31.2 Å². The Balaban J connectivity index is 1.15. The molecule has 0 aromatic heterocycles. The molecule has 0 spiro atoms. The molecule has 3 aliphatic heterocycles. The third-order valence-electron chi connectivity index (χ3n) is 5.82. The van der Waals surface area contributed by atoms with E-state index in [9.17, 15) is 0 Å². The van der Waals surface area contributed by atoms with Crippen molar-refractivity contribution in [2.45, 2.75) is 56.9 Å². The zero-order chi connectivity index (χ0) is 18.9. The molecule has 3 heterocycles. The lowest BCUT2D eigenvalue weighted by atomic mass is 9.97. The lowest BCUT2D eigenvalue weighted by Crippen LogP contribution is -2.36. The Bertz CT molecular complexity index is 767. The summed E-state index contributed by atoms with van der Waals surface area (Å²) < 4.78 is 30.4. The van der Waals surface area contributed by atoms with Crippen LogP contribution in [0.3, 0.4) is 0 Å². The standard InChI is InChI=1S/C23H26O5/c1-15-21(18-14-24-19(25-18)12-16-8-4-2-5-9-16)28-23-22(15)26-20(27-23)13-17-10-6-3-7-11-17/h2-11,15,18-23H,12-14H2,1H3. The predicted molar refractivity (Wildman–Crippen MR) is 102 cm³/mol. The van der Waals surface area contributed by atoms with E-state index in [0.717, 1.165) is 12.8 Å². The van der Waals surface area contributed by atoms with Crippen molar-refractivity contribution in [3.63, 3.8) is 0 Å². The molecule has 3 saturated heterocycles. The summed E-state index contributed by atoms with van der Waals surface area (Å²) in [5.74, 6) is 0.190. The predicted octanol–water partition coefficient (Wildman–Crippen LogP) is 3.32. The van der Waals surface area contributed by atoms with E-state index in [1.54, 1.807) is 0 Å². The molecule has 0 N–H and O–H groups in total. The van der Waals surface area contributed by atoms with Gasteiger partial charge in [0.2, 0.25) is 0 Å². The number of benzene rings is 2. The van der Waals surface area contributed by atoms with Gasteiger partial charge in [-0.3, -0.25) is 0 Å². The van der Waals surface area contributed by atoms with Crippen molar-refractivity contribution in [3.8, 4) is 0 Å². The molecule has 0 saturated carbocycles. The zero-order valence-corrected chi connectivity index (χ0v) is 16.0. The van der Waals surface area contributed by atoms with E-state index < -0.39 is 0 Å². The van der Waals surface area contributed by atoms with Gasteiger partial charge in [0, 0.05) is 18.8 Å². The second kappa shape index (κ2) is 7.93. The first kappa shape index (κ1) is 18.3. The van der Waals surface area contributed by atoms with E-state index in [1.165, 1.54) is 11.1 Å². The summed E-state index contributed by atoms with van der Waals surface area (Å²) in [6, 6.07) is 20.5. The molecule has 0 aliphatic carbocycles. The number of hydrogen-bond donors (Lipinski definition) is 0. The molecule has 0 radical (unpaired) electrons. The SMILES string of the molecule is CC1C(C2COC(Cc3ccccc3)O2)OC2OC(Cc3ccccc3)OC21. The molecule has 5 rings (SSSR count). The molecular weight excluding hydrogens is 356 g/mol. The quantitative estimate of drug-likeness (QED) is 0.794. The van der Waals surface area contributed by atoms with E-state index in [-0.39, 0.29) is 43.1 Å². The molecule has 148 valence electrons. The molecule has 0 bridgehead atoms. The fourth-order valence-electron chi connectivity index (χ4n) is 4.34. The summed E-state index contributed by atoms with van der Waals surface area (Å²) in [5.41, 5.74) is 2.41. The minimum Gasteiger partial charge on any atom is -0.349 e. The van der Waals surface area contributed by atoms with Crippen molar-refractivity contribution >= 4 is 0 Å². The minimum atomic E-state index is -0.328. The van der Waals surface area contributed by atoms with Gasteiger partial charge in [-0.2, -0.15) is 0 Å². The molecule has 2 aromatic rings. The molecule has 7 atom stereocenters. The maximum atomic E-state index is 6.20. The monoisotopic (exact) mass is 382 g/mol. The molecule has 3 aliphatic rings. The lowest BCUT2D eigenvalue weighted by Gasteiger charge is -2.24. The highest BCUT2D eigenvalue weighted by Gasteiger charge is 2.53. The summed E-state index contributed by atoms with van der Waals surface area (Å²) in [4.78, 5) is 0. The molecule has 5 heteroatoms. The fourth-order valence-corrected chi connectivity index (χ4v) is 4.34. The third kappa shape index (κ3) is 3.73. The van der Waals surface area contributed by atoms with Gasteiger partial charge in [0.15, 0.2) is 18.9 Å². The van der Waals surface area contributed by atoms with Crippen molar-refractivity contribution in [2.75, 3.05) is 6.61 Å². The average molecular weight is 382 g/mol. The maximum absolute atomic E-state index is 6.20. The molecule has 5 nitrogen and oxygen atoms in total. The molecular formula is C23H26O5. The Morgan fingerprint density at radius 2 is 1.36 bits per heavy atom. The average Bonchev–Trinajstić information content (AvgIpc) is 3.40. The van der Waals surface area contributed by atoms with Crippen LogP contribution in [0.2, 0.25) is 0 Å². The van der Waals surface area contributed by atoms with Gasteiger partial charge < -0.3 is 23.7 Å². The van der Waals surface area contributed by atoms with Crippen molar-refractivity contribution in [2.24, 2.45) is 5.92 Å². The highest BCUT2D eigenvalue weighted by atomic mass is 16.8. The Hall–Kier alpha value is -1.76. The second-order valence-corrected chi connectivity index (χ2v) is 7.81. The number of hydrogen-bond acceptors (Lipinski definition) is 5. The molecule has 2 aromatic carbocycles. The van der Waals surface area contributed by atoms with Crippen molar-refractivity contribution in [3.05, 3.63) is 71.8 Å². The van der Waals surface area contributed by atoms with Crippen LogP contribution in [-0.2, 0) is 36.5 Å². The summed E-state index contributed by atoms with van der Waals surface area (Å²) >= 11 is 0. The maximum Gasteiger partial charge on any atom is 0.187 e. The molecule has 0 amide bonds. The van der Waals surface area contributed by atoms with Crippen LogP contribution in [0, 0.1) is 5.92 Å². The van der Waals surface area contributed by atoms with Crippen LogP contribution >= 0.6 is 0 Å². The summed E-state index contributed by atoms with van der Waals surface area (Å²) in [6.45, 7) is 2.69. The Morgan fingerprint density at radius 1 is 0.714 bits per heavy atom. The van der Waals surface area contributed by atoms with Crippen LogP contribution in [0.25, 0.3) is 0 Å². The Kier molecular flexibility index (Phi) is 5.18. The van der Waals surface area contributed by atoms with E-state index in [0.29, 0.717) is 6.61 Å². The van der Waals surface area contributed by atoms with E-state index in [1.807, 2.05) is 36.4 Å². The zero-order valence-electron chi connectivity index (χ0n) is 16.0. The van der Waals surface area contributed by atoms with Gasteiger partial charge in [-0.05, 0) is 11.1 Å². The van der Waals surface area contributed by atoms with Gasteiger partial charge in [0.1, 0.15) is 12.2 Å². The molecule has 28 heavy (non-hydrogen) atoms. The van der Waals surface area contributed by atoms with Crippen LogP contribution in [0.1, 0.15) is 18.1 Å². The van der Waals surface area contributed by atoms with Gasteiger partial charge in [0.25, 0.3) is 0 Å². The summed E-state index contributed by atoms with van der Waals surface area (Å²) in [5, 5.41) is 0. The Labute approximate surface area is 165 Å². The largest absolute Gasteiger partial charge is 0.349 e. The highest BCUT2D eigenvalue weighted by molar-refractivity contribution is 5.16. The van der Waals surface area contributed by atoms with E-state index in [4.69, 9.17) is 23.7 Å². The molecule has 3 fully saturated rings. The lowest BCUT2D eigenvalue weighted by molar-refractivity contribution is -0.182. The third-order valence-corrected chi connectivity index (χ3v) is 5.82. The van der Waals surface area contributed by atoms with Gasteiger partial charge in [-0.1, -0.05) is 67.6 Å². The van der Waals surface area contributed by atoms with Crippen LogP contribution in [0.4, 0.5) is 0 Å². The fraction of sp³-hybridized carbons (Fsp3) is 0.478. The van der Waals surface area contributed by atoms with Crippen LogP contribution in [-0.4, -0.2) is 43.8 Å². The number of rotatable bonds is 5. The first-order valence-electron chi connectivity index (χ1n) is 10.1. The van der Waals surface area contributed by atoms with Crippen molar-refractivity contribution < 1.29 is 23.7 Å². The topological polar surface area (TPSA) is 46.2 Å². The second-order valence-electron chi connectivity index (χ2n) is 7.81. The summed E-state index contributed by atoms with van der Waals surface area (Å²) in [7, 11) is 0. The van der Waals surface area contributed by atoms with Crippen LogP contribution < -0.4 is 0 Å². The van der Waals surface area contributed by atoms with Gasteiger partial charge in [0.05, 0.1) is 12.7 Å². The smallest absolute Gasteiger partial charge is 0.187 e. The van der Waals surface area contributed by atoms with Crippen molar-refractivity contribution in [1.82, 2.24) is 0 Å². The van der Waals surface area contributed by atoms with Gasteiger partial charge in [-0.25, -0.2) is 0 Å². The summed E-state index contributed by atoms with van der Waals surface area (Å²) in [6.07, 6.45) is 0.445. The normalized spacial score (nSPS) is 37.2. The van der Waals surface area contributed by atoms with Gasteiger partial charge in [-0.15, -0.1) is 0 Å². The van der Waals surface area contributed by atoms with Crippen LogP contribution in [0.5, 0.6) is 0 Å². The van der Waals surface area contributed by atoms with Crippen LogP contribution in [0.15, 0.2) is 60.7 Å². The number of ether oxygens (including phenoxy) is 5. The highest BCUT2D eigenvalue weighted by Crippen LogP contribution is 2.40. The minimum absolute atomic E-state index is 0.0597. The Morgan fingerprint density at radius 3 is 2.00 bits per heavy atom. The van der Waals surface area contributed by atoms with E-state index >= 15 is 0 Å². The first-order chi connectivity index (χ1) is 13.8.